The van der Waals surface area contributed by atoms with Crippen LogP contribution in [-0.2, 0) is 4.79 Å². The second kappa shape index (κ2) is 2.48. The van der Waals surface area contributed by atoms with Crippen molar-refractivity contribution in [2.45, 2.75) is 5.92 Å². The molecule has 0 spiro atoms. The van der Waals surface area contributed by atoms with Crippen LogP contribution < -0.4 is 11.5 Å². The van der Waals surface area contributed by atoms with Crippen LogP contribution in [0.5, 0.6) is 0 Å². The minimum Gasteiger partial charge on any atom is -0.394 e. The van der Waals surface area contributed by atoms with Crippen molar-refractivity contribution >= 4 is 5.78 Å². The predicted molar refractivity (Wildman–Crippen MR) is 34.6 cm³/mol. The molecule has 0 saturated carbocycles. The first kappa shape index (κ1) is 9.56. The third-order valence-electron chi connectivity index (χ3n) is 1.55. The number of rotatable bonds is 0. The Labute approximate surface area is 69.7 Å². The van der Waals surface area contributed by atoms with E-state index in [1.165, 1.54) is 0 Å². The van der Waals surface area contributed by atoms with E-state index in [1.54, 1.807) is 0 Å². The zero-order valence-corrected chi connectivity index (χ0v) is 6.07. The first-order chi connectivity index (χ1) is 5.80. The topological polar surface area (TPSA) is 69.1 Å². The van der Waals surface area contributed by atoms with Crippen LogP contribution in [0.15, 0.2) is 23.0 Å². The van der Waals surface area contributed by atoms with Crippen molar-refractivity contribution in [3.05, 3.63) is 23.0 Å². The number of hydrogen-bond acceptors (Lipinski definition) is 3. The minimum absolute atomic E-state index is 1.66. The van der Waals surface area contributed by atoms with Gasteiger partial charge in [-0.2, -0.15) is 8.78 Å². The normalized spacial score (nSPS) is 22.6. The summed E-state index contributed by atoms with van der Waals surface area (Å²) in [7, 11) is 0. The zero-order chi connectivity index (χ0) is 10.4. The van der Waals surface area contributed by atoms with Gasteiger partial charge >= 0.3 is 5.92 Å². The van der Waals surface area contributed by atoms with Gasteiger partial charge in [0, 0.05) is 0 Å². The molecule has 1 aliphatic rings. The molecule has 72 valence electrons. The van der Waals surface area contributed by atoms with Crippen molar-refractivity contribution in [3.63, 3.8) is 0 Å². The first-order valence-electron chi connectivity index (χ1n) is 3.04. The Morgan fingerprint density at radius 3 is 1.62 bits per heavy atom. The Balaban J connectivity index is 3.39. The van der Waals surface area contributed by atoms with Crippen molar-refractivity contribution in [1.29, 1.82) is 0 Å². The number of halogens is 4. The number of hydrogen-bond donors (Lipinski definition) is 2. The number of carbonyl (C=O) groups excluding carboxylic acids is 1. The van der Waals surface area contributed by atoms with E-state index < -0.39 is 34.8 Å². The molecule has 0 aromatic rings. The minimum atomic E-state index is -4.14. The molecule has 0 saturated heterocycles. The summed E-state index contributed by atoms with van der Waals surface area (Å²) in [5, 5.41) is 0. The van der Waals surface area contributed by atoms with E-state index >= 15 is 0 Å². The van der Waals surface area contributed by atoms with E-state index in [0.717, 1.165) is 0 Å². The van der Waals surface area contributed by atoms with Crippen LogP contribution in [0.1, 0.15) is 0 Å². The molecule has 0 radical (unpaired) electrons. The van der Waals surface area contributed by atoms with Crippen LogP contribution in [0, 0.1) is 0 Å². The van der Waals surface area contributed by atoms with Gasteiger partial charge in [0.05, 0.1) is 0 Å². The standard InChI is InChI=1S/C6H4F4N2O/c7-1-3(13)2(8)5(12)6(9,10)4(1)11/h11-12H2. The van der Waals surface area contributed by atoms with Crippen LogP contribution in [-0.4, -0.2) is 11.7 Å². The van der Waals surface area contributed by atoms with Crippen molar-refractivity contribution < 1.29 is 22.4 Å². The highest BCUT2D eigenvalue weighted by Gasteiger charge is 2.47. The van der Waals surface area contributed by atoms with Gasteiger partial charge in [0.15, 0.2) is 11.7 Å². The van der Waals surface area contributed by atoms with Gasteiger partial charge in [0.2, 0.25) is 0 Å². The van der Waals surface area contributed by atoms with Crippen molar-refractivity contribution in [2.24, 2.45) is 11.5 Å². The zero-order valence-electron chi connectivity index (χ0n) is 6.07. The predicted octanol–water partition coefficient (Wildman–Crippen LogP) is 0.484. The highest BCUT2D eigenvalue weighted by atomic mass is 19.3. The summed E-state index contributed by atoms with van der Waals surface area (Å²) in [6, 6.07) is 0. The van der Waals surface area contributed by atoms with Crippen LogP contribution in [0.3, 0.4) is 0 Å². The third-order valence-corrected chi connectivity index (χ3v) is 1.55. The average molecular weight is 196 g/mol. The fraction of sp³-hybridized carbons (Fsp3) is 0.167. The molecule has 0 aromatic carbocycles. The van der Waals surface area contributed by atoms with Crippen LogP contribution in [0.2, 0.25) is 0 Å². The van der Waals surface area contributed by atoms with Gasteiger partial charge in [0.25, 0.3) is 5.78 Å². The molecule has 0 bridgehead atoms. The molecular formula is C6H4F4N2O. The van der Waals surface area contributed by atoms with Crippen LogP contribution >= 0.6 is 0 Å². The molecule has 0 aromatic heterocycles. The Morgan fingerprint density at radius 2 is 1.31 bits per heavy atom. The second-order valence-corrected chi connectivity index (χ2v) is 2.36. The molecular weight excluding hydrogens is 192 g/mol. The number of carbonyl (C=O) groups is 1. The molecule has 0 atom stereocenters. The maximum atomic E-state index is 12.7. The fourth-order valence-corrected chi connectivity index (χ4v) is 0.762. The lowest BCUT2D eigenvalue weighted by Gasteiger charge is -2.21. The molecule has 4 N–H and O–H groups in total. The first-order valence-corrected chi connectivity index (χ1v) is 3.04. The Bertz CT molecular complexity index is 315. The third kappa shape index (κ3) is 1.07. The summed E-state index contributed by atoms with van der Waals surface area (Å²) in [6.45, 7) is 0. The monoisotopic (exact) mass is 196 g/mol. The molecule has 0 amide bonds. The SMILES string of the molecule is NC1=C(F)C(=O)C(F)=C(N)C1(F)F. The van der Waals surface area contributed by atoms with Crippen LogP contribution in [0.4, 0.5) is 17.6 Å². The number of alkyl halides is 2. The molecule has 7 heteroatoms. The average Bonchev–Trinajstić information content (AvgIpc) is 2.09. The highest BCUT2D eigenvalue weighted by molar-refractivity contribution is 6.07. The van der Waals surface area contributed by atoms with E-state index in [-0.39, 0.29) is 0 Å². The Morgan fingerprint density at radius 1 is 1.00 bits per heavy atom. The van der Waals surface area contributed by atoms with E-state index in [1.807, 2.05) is 0 Å². The fourth-order valence-electron chi connectivity index (χ4n) is 0.762. The molecule has 1 aliphatic carbocycles. The highest BCUT2D eigenvalue weighted by Crippen LogP contribution is 2.36. The smallest absolute Gasteiger partial charge is 0.332 e. The summed E-state index contributed by atoms with van der Waals surface area (Å²) in [6.07, 6.45) is 0. The molecule has 0 aliphatic heterocycles. The molecule has 3 nitrogen and oxygen atoms in total. The number of Topliss-reactive ketones (excluding diaryl/α,β-unsaturated/α-hetero) is 1. The molecule has 0 fully saturated rings. The maximum absolute atomic E-state index is 12.7. The van der Waals surface area contributed by atoms with Gasteiger partial charge in [-0.1, -0.05) is 0 Å². The van der Waals surface area contributed by atoms with Gasteiger partial charge in [-0.05, 0) is 0 Å². The second-order valence-electron chi connectivity index (χ2n) is 2.36. The van der Waals surface area contributed by atoms with E-state index in [0.29, 0.717) is 0 Å². The number of allylic oxidation sites excluding steroid dienone is 2. The Hall–Kier alpha value is -1.53. The van der Waals surface area contributed by atoms with Gasteiger partial charge < -0.3 is 11.5 Å². The number of nitrogens with two attached hydrogens (primary N) is 2. The van der Waals surface area contributed by atoms with Gasteiger partial charge in [0.1, 0.15) is 11.4 Å². The lowest BCUT2D eigenvalue weighted by atomic mass is 10.0. The lowest BCUT2D eigenvalue weighted by molar-refractivity contribution is -0.116. The summed E-state index contributed by atoms with van der Waals surface area (Å²) in [4.78, 5) is 10.5. The van der Waals surface area contributed by atoms with E-state index in [9.17, 15) is 22.4 Å². The summed E-state index contributed by atoms with van der Waals surface area (Å²) >= 11 is 0. The molecule has 1 rings (SSSR count). The summed E-state index contributed by atoms with van der Waals surface area (Å²) in [5.74, 6) is -9.99. The quantitative estimate of drug-likeness (QED) is 0.554. The maximum Gasteiger partial charge on any atom is 0.332 e. The Kier molecular flexibility index (Phi) is 1.82. The van der Waals surface area contributed by atoms with Crippen molar-refractivity contribution in [2.75, 3.05) is 0 Å². The summed E-state index contributed by atoms with van der Waals surface area (Å²) in [5.41, 5.74) is 5.79. The molecule has 13 heavy (non-hydrogen) atoms. The van der Waals surface area contributed by atoms with Gasteiger partial charge in [-0.15, -0.1) is 0 Å². The molecule has 0 heterocycles. The van der Waals surface area contributed by atoms with Gasteiger partial charge in [-0.25, -0.2) is 8.78 Å². The van der Waals surface area contributed by atoms with Crippen molar-refractivity contribution in [1.82, 2.24) is 0 Å². The largest absolute Gasteiger partial charge is 0.394 e. The lowest BCUT2D eigenvalue weighted by Crippen LogP contribution is -2.38. The van der Waals surface area contributed by atoms with Crippen LogP contribution in [0.25, 0.3) is 0 Å². The molecule has 0 unspecified atom stereocenters. The van der Waals surface area contributed by atoms with E-state index in [2.05, 4.69) is 11.5 Å². The number of ketones is 1. The van der Waals surface area contributed by atoms with Gasteiger partial charge in [-0.3, -0.25) is 4.79 Å². The summed E-state index contributed by atoms with van der Waals surface area (Å²) < 4.78 is 50.3. The van der Waals surface area contributed by atoms with E-state index in [4.69, 9.17) is 0 Å². The van der Waals surface area contributed by atoms with Crippen molar-refractivity contribution in [3.8, 4) is 0 Å².